The van der Waals surface area contributed by atoms with Gasteiger partial charge in [-0.3, -0.25) is 0 Å². The van der Waals surface area contributed by atoms with Crippen LogP contribution >= 0.6 is 0 Å². The van der Waals surface area contributed by atoms with E-state index in [1.807, 2.05) is 0 Å². The summed E-state index contributed by atoms with van der Waals surface area (Å²) in [6.45, 7) is 10.0. The third-order valence-electron chi connectivity index (χ3n) is 0. The zero-order chi connectivity index (χ0) is 4.00. The molecule has 0 spiro atoms. The van der Waals surface area contributed by atoms with E-state index in [1.165, 1.54) is 0 Å². The van der Waals surface area contributed by atoms with Crippen LogP contribution in [0.4, 0.5) is 0 Å². The summed E-state index contributed by atoms with van der Waals surface area (Å²) in [5, 5.41) is 0. The predicted octanol–water partition coefficient (Wildman–Crippen LogP) is -1.32. The summed E-state index contributed by atoms with van der Waals surface area (Å²) >= 11 is 0. The normalized spacial score (nSPS) is 2.40. The first-order valence-electron chi connectivity index (χ1n) is 1.41. The fourth-order valence-corrected chi connectivity index (χ4v) is 0. The summed E-state index contributed by atoms with van der Waals surface area (Å²) in [5.74, 6) is 0. The average molecular weight is 97.2 g/mol. The monoisotopic (exact) mass is 97.0 g/mol. The summed E-state index contributed by atoms with van der Waals surface area (Å²) in [4.78, 5) is 0. The largest absolute Gasteiger partial charge is 1.00 e. The molecule has 0 fully saturated rings. The van der Waals surface area contributed by atoms with E-state index in [1.54, 1.807) is 13.8 Å². The SMILES string of the molecule is [CH2-]C.[CH2-]C.[K+]. The molecule has 0 aliphatic rings. The van der Waals surface area contributed by atoms with E-state index in [4.69, 9.17) is 0 Å². The quantitative estimate of drug-likeness (QED) is 0.260. The maximum atomic E-state index is 3.25. The van der Waals surface area contributed by atoms with Gasteiger partial charge in [-0.25, -0.2) is 0 Å². The molecule has 0 bridgehead atoms. The molecule has 0 saturated heterocycles. The number of hydrogen-bond donors (Lipinski definition) is 0. The van der Waals surface area contributed by atoms with Gasteiger partial charge in [-0.05, 0) is 0 Å². The van der Waals surface area contributed by atoms with Crippen molar-refractivity contribution >= 4 is 0 Å². The Morgan fingerprint density at radius 1 is 0.800 bits per heavy atom. The van der Waals surface area contributed by atoms with Gasteiger partial charge < -0.3 is 13.8 Å². The zero-order valence-corrected chi connectivity index (χ0v) is 7.54. The molecular weight excluding hydrogens is 87.1 g/mol. The van der Waals surface area contributed by atoms with Crippen LogP contribution in [0.15, 0.2) is 0 Å². The second-order valence-corrected chi connectivity index (χ2v) is 0. The molecule has 0 radical (unpaired) electrons. The Hall–Kier alpha value is 1.64. The van der Waals surface area contributed by atoms with Crippen LogP contribution in [0.1, 0.15) is 13.8 Å². The van der Waals surface area contributed by atoms with E-state index in [0.29, 0.717) is 0 Å². The molecule has 0 unspecified atom stereocenters. The van der Waals surface area contributed by atoms with Crippen molar-refractivity contribution in [1.29, 1.82) is 0 Å². The summed E-state index contributed by atoms with van der Waals surface area (Å²) in [7, 11) is 0. The molecular formula is C4H10K-. The van der Waals surface area contributed by atoms with Crippen molar-refractivity contribution in [2.75, 3.05) is 0 Å². The van der Waals surface area contributed by atoms with Crippen molar-refractivity contribution in [3.63, 3.8) is 0 Å². The molecule has 0 nitrogen and oxygen atoms in total. The van der Waals surface area contributed by atoms with Gasteiger partial charge in [0.15, 0.2) is 0 Å². The van der Waals surface area contributed by atoms with Crippen LogP contribution in [0, 0.1) is 13.8 Å². The fraction of sp³-hybridized carbons (Fsp3) is 0.500. The van der Waals surface area contributed by atoms with Gasteiger partial charge in [-0.15, -0.1) is 0 Å². The Bertz CT molecular complexity index is 3.61. The standard InChI is InChI=1S/2C2H5.K/c2*1-2;/h2*1H2,2H3;/q2*-1;+1. The number of hydrogen-bond acceptors (Lipinski definition) is 0. The first-order chi connectivity index (χ1) is 2.00. The van der Waals surface area contributed by atoms with Crippen LogP contribution in [0.25, 0.3) is 0 Å². The molecule has 5 heavy (non-hydrogen) atoms. The molecule has 0 aliphatic heterocycles. The summed E-state index contributed by atoms with van der Waals surface area (Å²) in [6.07, 6.45) is 0. The minimum Gasteiger partial charge on any atom is -0.346 e. The minimum absolute atomic E-state index is 0. The van der Waals surface area contributed by atoms with Gasteiger partial charge >= 0.3 is 51.4 Å². The molecule has 28 valence electrons. The first kappa shape index (κ1) is 15.9. The molecule has 0 rings (SSSR count). The smallest absolute Gasteiger partial charge is 0.346 e. The molecule has 0 aromatic carbocycles. The fourth-order valence-electron chi connectivity index (χ4n) is 0. The predicted molar refractivity (Wildman–Crippen MR) is 22.1 cm³/mol. The van der Waals surface area contributed by atoms with Crippen molar-refractivity contribution in [2.45, 2.75) is 13.8 Å². The van der Waals surface area contributed by atoms with Crippen LogP contribution in [-0.4, -0.2) is 0 Å². The molecule has 0 heterocycles. The Balaban J connectivity index is -0.0000000133. The maximum Gasteiger partial charge on any atom is 1.00 e. The summed E-state index contributed by atoms with van der Waals surface area (Å²) < 4.78 is 0. The molecule has 0 N–H and O–H groups in total. The van der Waals surface area contributed by atoms with Crippen LogP contribution in [0.3, 0.4) is 0 Å². The molecule has 0 amide bonds. The van der Waals surface area contributed by atoms with Gasteiger partial charge in [0.2, 0.25) is 0 Å². The Labute approximate surface area is 77.8 Å². The van der Waals surface area contributed by atoms with Crippen molar-refractivity contribution in [2.24, 2.45) is 0 Å². The molecule has 0 aromatic rings. The molecule has 0 saturated carbocycles. The van der Waals surface area contributed by atoms with Crippen LogP contribution in [0.2, 0.25) is 0 Å². The topological polar surface area (TPSA) is 0 Å². The van der Waals surface area contributed by atoms with Crippen LogP contribution in [-0.2, 0) is 0 Å². The van der Waals surface area contributed by atoms with Crippen LogP contribution in [0.5, 0.6) is 0 Å². The summed E-state index contributed by atoms with van der Waals surface area (Å²) in [5.41, 5.74) is 0. The average Bonchev–Trinajstić information content (AvgIpc) is 1.50. The van der Waals surface area contributed by atoms with Gasteiger partial charge in [0.1, 0.15) is 0 Å². The minimum atomic E-state index is 0. The second kappa shape index (κ2) is 45.2. The molecule has 0 aromatic heterocycles. The van der Waals surface area contributed by atoms with Gasteiger partial charge in [0.25, 0.3) is 0 Å². The van der Waals surface area contributed by atoms with Gasteiger partial charge in [-0.2, -0.15) is 13.8 Å². The van der Waals surface area contributed by atoms with Crippen molar-refractivity contribution < 1.29 is 51.4 Å². The van der Waals surface area contributed by atoms with Gasteiger partial charge in [-0.1, -0.05) is 0 Å². The molecule has 0 aliphatic carbocycles. The maximum absolute atomic E-state index is 3.25. The summed E-state index contributed by atoms with van der Waals surface area (Å²) in [6, 6.07) is 0. The van der Waals surface area contributed by atoms with Gasteiger partial charge in [0, 0.05) is 0 Å². The van der Waals surface area contributed by atoms with Crippen molar-refractivity contribution in [1.82, 2.24) is 0 Å². The number of rotatable bonds is 0. The van der Waals surface area contributed by atoms with E-state index < -0.39 is 0 Å². The van der Waals surface area contributed by atoms with E-state index in [9.17, 15) is 0 Å². The van der Waals surface area contributed by atoms with E-state index in [2.05, 4.69) is 13.8 Å². The van der Waals surface area contributed by atoms with Gasteiger partial charge in [0.05, 0.1) is 0 Å². The van der Waals surface area contributed by atoms with Crippen LogP contribution < -0.4 is 51.4 Å². The van der Waals surface area contributed by atoms with E-state index in [0.717, 1.165) is 0 Å². The third kappa shape index (κ3) is 27.8. The second-order valence-electron chi connectivity index (χ2n) is 0. The van der Waals surface area contributed by atoms with E-state index in [-0.39, 0.29) is 51.4 Å². The Morgan fingerprint density at radius 2 is 0.800 bits per heavy atom. The first-order valence-corrected chi connectivity index (χ1v) is 1.41. The molecule has 0 atom stereocenters. The molecule has 1 heteroatoms. The van der Waals surface area contributed by atoms with E-state index >= 15 is 0 Å². The van der Waals surface area contributed by atoms with Crippen molar-refractivity contribution in [3.8, 4) is 0 Å². The zero-order valence-electron chi connectivity index (χ0n) is 4.41. The third-order valence-corrected chi connectivity index (χ3v) is 0. The Morgan fingerprint density at radius 3 is 0.800 bits per heavy atom. The Kier molecular flexibility index (Phi) is 144. The van der Waals surface area contributed by atoms with Crippen molar-refractivity contribution in [3.05, 3.63) is 13.8 Å².